The van der Waals surface area contributed by atoms with Gasteiger partial charge in [0.15, 0.2) is 11.2 Å². The summed E-state index contributed by atoms with van der Waals surface area (Å²) in [4.78, 5) is 47.5. The zero-order valence-electron chi connectivity index (χ0n) is 18.0. The maximum absolute atomic E-state index is 13.4. The molecule has 1 fully saturated rings. The first kappa shape index (κ1) is 21.8. The number of piperazine rings is 1. The average molecular weight is 444 g/mol. The van der Waals surface area contributed by atoms with Crippen LogP contribution in [0.4, 0.5) is 10.3 Å². The third kappa shape index (κ3) is 4.28. The predicted octanol–water partition coefficient (Wildman–Crippen LogP) is 0.296. The highest BCUT2D eigenvalue weighted by molar-refractivity contribution is 5.75. The quantitative estimate of drug-likeness (QED) is 0.545. The second-order valence-electron chi connectivity index (χ2n) is 7.68. The largest absolute Gasteiger partial charge is 0.465 e. The molecule has 1 aliphatic heterocycles. The Labute approximate surface area is 182 Å². The molecule has 1 aromatic carbocycles. The Morgan fingerprint density at radius 3 is 2.50 bits per heavy atom. The molecule has 0 unspecified atom stereocenters. The monoisotopic (exact) mass is 444 g/mol. The van der Waals surface area contributed by atoms with Crippen molar-refractivity contribution in [3.8, 4) is 0 Å². The number of hydrogen-bond donors (Lipinski definition) is 1. The summed E-state index contributed by atoms with van der Waals surface area (Å²) in [7, 11) is 1.55. The number of esters is 1. The number of nitrogens with zero attached hydrogens (tertiary/aromatic N) is 5. The first-order valence-corrected chi connectivity index (χ1v) is 10.4. The van der Waals surface area contributed by atoms with Crippen LogP contribution in [0.3, 0.4) is 0 Å². The van der Waals surface area contributed by atoms with Gasteiger partial charge in [-0.05, 0) is 24.6 Å². The normalized spacial score (nSPS) is 14.8. The van der Waals surface area contributed by atoms with Gasteiger partial charge in [0.05, 0.1) is 19.7 Å². The Balaban J connectivity index is 1.68. The van der Waals surface area contributed by atoms with Gasteiger partial charge in [-0.3, -0.25) is 28.6 Å². The van der Waals surface area contributed by atoms with Crippen molar-refractivity contribution in [1.29, 1.82) is 0 Å². The lowest BCUT2D eigenvalue weighted by Crippen LogP contribution is -2.49. The standard InChI is InChI=1S/C21H25FN6O4/c1-3-32-16(29)13-26-8-10-27(11-9-26)20-23-18-17(19(30)24-21(31)25(18)2)28(20)12-14-4-6-15(22)7-5-14/h4-7H,3,8-13H2,1-2H3,(H,24,30,31). The van der Waals surface area contributed by atoms with E-state index in [2.05, 4.69) is 9.97 Å². The molecule has 0 aliphatic carbocycles. The van der Waals surface area contributed by atoms with Gasteiger partial charge in [0.2, 0.25) is 5.95 Å². The number of imidazole rings is 1. The second kappa shape index (κ2) is 8.95. The van der Waals surface area contributed by atoms with Crippen LogP contribution in [0.25, 0.3) is 11.2 Å². The van der Waals surface area contributed by atoms with Gasteiger partial charge in [0.25, 0.3) is 5.56 Å². The minimum Gasteiger partial charge on any atom is -0.465 e. The smallest absolute Gasteiger partial charge is 0.329 e. The summed E-state index contributed by atoms with van der Waals surface area (Å²) in [5.41, 5.74) is 0.288. The Kier molecular flexibility index (Phi) is 6.08. The number of H-pyrrole nitrogens is 1. The van der Waals surface area contributed by atoms with Gasteiger partial charge in [-0.1, -0.05) is 12.1 Å². The lowest BCUT2D eigenvalue weighted by molar-refractivity contribution is -0.144. The minimum atomic E-state index is -0.542. The van der Waals surface area contributed by atoms with Crippen molar-refractivity contribution in [3.05, 3.63) is 56.5 Å². The van der Waals surface area contributed by atoms with E-state index < -0.39 is 11.2 Å². The van der Waals surface area contributed by atoms with Gasteiger partial charge < -0.3 is 9.64 Å². The third-order valence-electron chi connectivity index (χ3n) is 5.55. The molecule has 170 valence electrons. The summed E-state index contributed by atoms with van der Waals surface area (Å²) in [5.74, 6) is -0.0553. The third-order valence-corrected chi connectivity index (χ3v) is 5.55. The number of carbonyl (C=O) groups excluding carboxylic acids is 1. The lowest BCUT2D eigenvalue weighted by atomic mass is 10.2. The topological polar surface area (TPSA) is 105 Å². The predicted molar refractivity (Wildman–Crippen MR) is 116 cm³/mol. The minimum absolute atomic E-state index is 0.224. The molecule has 1 N–H and O–H groups in total. The van der Waals surface area contributed by atoms with Crippen molar-refractivity contribution in [2.75, 3.05) is 44.2 Å². The first-order valence-electron chi connectivity index (χ1n) is 10.4. The van der Waals surface area contributed by atoms with E-state index in [1.165, 1.54) is 16.7 Å². The number of anilines is 1. The van der Waals surface area contributed by atoms with Gasteiger partial charge in [-0.15, -0.1) is 0 Å². The number of aromatic amines is 1. The molecule has 3 heterocycles. The highest BCUT2D eigenvalue weighted by atomic mass is 19.1. The van der Waals surface area contributed by atoms with Crippen LogP contribution in [0.2, 0.25) is 0 Å². The fraction of sp³-hybridized carbons (Fsp3) is 0.429. The molecular weight excluding hydrogens is 419 g/mol. The molecular formula is C21H25FN6O4. The molecule has 0 spiro atoms. The number of halogens is 1. The molecule has 0 bridgehead atoms. The van der Waals surface area contributed by atoms with Crippen LogP contribution >= 0.6 is 0 Å². The molecule has 11 heteroatoms. The number of rotatable bonds is 6. The van der Waals surface area contributed by atoms with Crippen LogP contribution in [0.1, 0.15) is 12.5 Å². The van der Waals surface area contributed by atoms with E-state index in [4.69, 9.17) is 4.74 Å². The zero-order chi connectivity index (χ0) is 22.8. The van der Waals surface area contributed by atoms with Crippen LogP contribution in [0.5, 0.6) is 0 Å². The van der Waals surface area contributed by atoms with E-state index in [0.29, 0.717) is 38.7 Å². The Morgan fingerprint density at radius 1 is 1.16 bits per heavy atom. The van der Waals surface area contributed by atoms with Crippen LogP contribution in [-0.4, -0.2) is 69.3 Å². The van der Waals surface area contributed by atoms with E-state index in [-0.39, 0.29) is 36.0 Å². The Morgan fingerprint density at radius 2 is 1.84 bits per heavy atom. The molecule has 4 rings (SSSR count). The molecule has 0 saturated carbocycles. The van der Waals surface area contributed by atoms with E-state index in [0.717, 1.165) is 5.56 Å². The van der Waals surface area contributed by atoms with Crippen molar-refractivity contribution in [1.82, 2.24) is 24.0 Å². The van der Waals surface area contributed by atoms with Crippen molar-refractivity contribution in [2.45, 2.75) is 13.5 Å². The van der Waals surface area contributed by atoms with E-state index >= 15 is 0 Å². The van der Waals surface area contributed by atoms with Gasteiger partial charge in [0, 0.05) is 33.2 Å². The maximum atomic E-state index is 13.4. The lowest BCUT2D eigenvalue weighted by Gasteiger charge is -2.34. The van der Waals surface area contributed by atoms with Gasteiger partial charge >= 0.3 is 11.7 Å². The summed E-state index contributed by atoms with van der Waals surface area (Å²) in [5, 5.41) is 0. The van der Waals surface area contributed by atoms with Crippen molar-refractivity contribution in [3.63, 3.8) is 0 Å². The number of fused-ring (bicyclic) bond motifs is 1. The number of nitrogens with one attached hydrogen (secondary N) is 1. The van der Waals surface area contributed by atoms with Gasteiger partial charge in [-0.2, -0.15) is 4.98 Å². The van der Waals surface area contributed by atoms with Gasteiger partial charge in [-0.25, -0.2) is 9.18 Å². The SMILES string of the molecule is CCOC(=O)CN1CCN(c2nc3c(c(=O)[nH]c(=O)n3C)n2Cc2ccc(F)cc2)CC1. The van der Waals surface area contributed by atoms with Crippen molar-refractivity contribution in [2.24, 2.45) is 7.05 Å². The highest BCUT2D eigenvalue weighted by Gasteiger charge is 2.26. The van der Waals surface area contributed by atoms with E-state index in [1.54, 1.807) is 30.7 Å². The number of ether oxygens (including phenoxy) is 1. The summed E-state index contributed by atoms with van der Waals surface area (Å²) in [6.07, 6.45) is 0. The summed E-state index contributed by atoms with van der Waals surface area (Å²) < 4.78 is 21.4. The molecule has 0 amide bonds. The fourth-order valence-electron chi connectivity index (χ4n) is 3.88. The van der Waals surface area contributed by atoms with Crippen molar-refractivity contribution >= 4 is 23.1 Å². The van der Waals surface area contributed by atoms with Crippen LogP contribution < -0.4 is 16.1 Å². The maximum Gasteiger partial charge on any atom is 0.329 e. The Hall–Kier alpha value is -3.47. The molecule has 0 atom stereocenters. The van der Waals surface area contributed by atoms with E-state index in [9.17, 15) is 18.8 Å². The van der Waals surface area contributed by atoms with Crippen LogP contribution in [0, 0.1) is 5.82 Å². The summed E-state index contributed by atoms with van der Waals surface area (Å²) >= 11 is 0. The average Bonchev–Trinajstić information content (AvgIpc) is 3.14. The molecule has 32 heavy (non-hydrogen) atoms. The highest BCUT2D eigenvalue weighted by Crippen LogP contribution is 2.22. The van der Waals surface area contributed by atoms with Crippen LogP contribution in [0.15, 0.2) is 33.9 Å². The van der Waals surface area contributed by atoms with E-state index in [1.807, 2.05) is 9.80 Å². The summed E-state index contributed by atoms with van der Waals surface area (Å²) in [6.45, 7) is 5.03. The second-order valence-corrected chi connectivity index (χ2v) is 7.68. The number of carbonyl (C=O) groups is 1. The fourth-order valence-corrected chi connectivity index (χ4v) is 3.88. The first-order chi connectivity index (χ1) is 15.4. The number of hydrogen-bond acceptors (Lipinski definition) is 7. The van der Waals surface area contributed by atoms with Crippen molar-refractivity contribution < 1.29 is 13.9 Å². The molecule has 0 radical (unpaired) electrons. The number of aromatic nitrogens is 4. The molecule has 2 aromatic heterocycles. The van der Waals surface area contributed by atoms with Gasteiger partial charge in [0.1, 0.15) is 5.82 Å². The molecule has 3 aromatic rings. The molecule has 1 aliphatic rings. The molecule has 1 saturated heterocycles. The number of aryl methyl sites for hydroxylation is 1. The summed E-state index contributed by atoms with van der Waals surface area (Å²) in [6, 6.07) is 6.03. The Bertz CT molecular complexity index is 1240. The molecule has 10 nitrogen and oxygen atoms in total. The van der Waals surface area contributed by atoms with Crippen LogP contribution in [-0.2, 0) is 23.1 Å². The zero-order valence-corrected chi connectivity index (χ0v) is 18.0. The number of benzene rings is 1.